The summed E-state index contributed by atoms with van der Waals surface area (Å²) in [4.78, 5) is 26.0. The molecule has 5 nitrogen and oxygen atoms in total. The van der Waals surface area contributed by atoms with E-state index in [-0.39, 0.29) is 23.8 Å². The summed E-state index contributed by atoms with van der Waals surface area (Å²) in [5.74, 6) is 1.05. The van der Waals surface area contributed by atoms with E-state index in [1.54, 1.807) is 4.90 Å². The zero-order valence-electron chi connectivity index (χ0n) is 15.0. The highest BCUT2D eigenvalue weighted by Gasteiger charge is 2.35. The molecule has 2 rings (SSSR count). The number of rotatable bonds is 7. The molecule has 1 aromatic carbocycles. The van der Waals surface area contributed by atoms with Crippen LogP contribution in [0.25, 0.3) is 0 Å². The third-order valence-corrected chi connectivity index (χ3v) is 4.10. The molecular weight excluding hydrogens is 304 g/mol. The minimum Gasteiger partial charge on any atom is -0.493 e. The van der Waals surface area contributed by atoms with Crippen LogP contribution in [-0.2, 0) is 16.1 Å². The van der Waals surface area contributed by atoms with Crippen LogP contribution >= 0.6 is 0 Å². The van der Waals surface area contributed by atoms with E-state index in [9.17, 15) is 9.59 Å². The first-order valence-electron chi connectivity index (χ1n) is 8.65. The van der Waals surface area contributed by atoms with Crippen molar-refractivity contribution >= 4 is 11.8 Å². The van der Waals surface area contributed by atoms with Gasteiger partial charge in [-0.3, -0.25) is 9.59 Å². The molecule has 0 radical (unpaired) electrons. The molecule has 1 heterocycles. The molecule has 5 heteroatoms. The lowest BCUT2D eigenvalue weighted by molar-refractivity contribution is -0.129. The molecule has 1 aliphatic heterocycles. The fourth-order valence-corrected chi connectivity index (χ4v) is 2.75. The molecule has 1 atom stereocenters. The van der Waals surface area contributed by atoms with E-state index in [0.29, 0.717) is 32.0 Å². The van der Waals surface area contributed by atoms with Gasteiger partial charge < -0.3 is 15.0 Å². The van der Waals surface area contributed by atoms with Crippen LogP contribution < -0.4 is 10.1 Å². The minimum atomic E-state index is -0.250. The van der Waals surface area contributed by atoms with Crippen molar-refractivity contribution in [2.45, 2.75) is 46.7 Å². The summed E-state index contributed by atoms with van der Waals surface area (Å²) in [5.41, 5.74) is 0.995. The van der Waals surface area contributed by atoms with Gasteiger partial charge in [0.25, 0.3) is 0 Å². The summed E-state index contributed by atoms with van der Waals surface area (Å²) in [6.07, 6.45) is 0.307. The normalized spacial score (nSPS) is 17.7. The smallest absolute Gasteiger partial charge is 0.225 e. The summed E-state index contributed by atoms with van der Waals surface area (Å²) in [5, 5.41) is 2.94. The van der Waals surface area contributed by atoms with Crippen LogP contribution in [-0.4, -0.2) is 35.9 Å². The lowest BCUT2D eigenvalue weighted by atomic mass is 10.1. The highest BCUT2D eigenvalue weighted by atomic mass is 16.5. The highest BCUT2D eigenvalue weighted by molar-refractivity contribution is 5.89. The first-order chi connectivity index (χ1) is 11.4. The van der Waals surface area contributed by atoms with Crippen molar-refractivity contribution in [1.29, 1.82) is 0 Å². The Kier molecular flexibility index (Phi) is 6.23. The third kappa shape index (κ3) is 4.98. The van der Waals surface area contributed by atoms with Crippen LogP contribution in [0, 0.1) is 11.8 Å². The van der Waals surface area contributed by atoms with Crippen molar-refractivity contribution in [2.24, 2.45) is 11.8 Å². The molecular formula is C19H28N2O3. The number of likely N-dealkylation sites (tertiary alicyclic amines) is 1. The van der Waals surface area contributed by atoms with Gasteiger partial charge in [0.1, 0.15) is 5.75 Å². The lowest BCUT2D eigenvalue weighted by Gasteiger charge is -2.20. The van der Waals surface area contributed by atoms with E-state index < -0.39 is 0 Å². The van der Waals surface area contributed by atoms with Crippen molar-refractivity contribution in [2.75, 3.05) is 13.2 Å². The minimum absolute atomic E-state index is 0.0556. The second-order valence-electron chi connectivity index (χ2n) is 7.11. The van der Waals surface area contributed by atoms with Gasteiger partial charge in [-0.1, -0.05) is 26.0 Å². The zero-order valence-corrected chi connectivity index (χ0v) is 15.0. The molecule has 0 aromatic heterocycles. The summed E-state index contributed by atoms with van der Waals surface area (Å²) in [6.45, 7) is 9.79. The number of amides is 2. The Morgan fingerprint density at radius 2 is 2.08 bits per heavy atom. The fraction of sp³-hybridized carbons (Fsp3) is 0.579. The summed E-state index contributed by atoms with van der Waals surface area (Å²) in [6, 6.07) is 7.90. The molecule has 1 fully saturated rings. The van der Waals surface area contributed by atoms with Gasteiger partial charge in [-0.2, -0.15) is 0 Å². The van der Waals surface area contributed by atoms with Crippen LogP contribution in [0.2, 0.25) is 0 Å². The van der Waals surface area contributed by atoms with Crippen molar-refractivity contribution in [3.63, 3.8) is 0 Å². The molecule has 1 N–H and O–H groups in total. The number of carbonyl (C=O) groups is 2. The Labute approximate surface area is 144 Å². The molecule has 132 valence electrons. The van der Waals surface area contributed by atoms with Crippen LogP contribution in [0.15, 0.2) is 24.3 Å². The van der Waals surface area contributed by atoms with Crippen LogP contribution in [0.3, 0.4) is 0 Å². The van der Waals surface area contributed by atoms with E-state index in [1.807, 2.05) is 38.1 Å². The topological polar surface area (TPSA) is 58.6 Å². The van der Waals surface area contributed by atoms with Crippen LogP contribution in [0.5, 0.6) is 5.75 Å². The summed E-state index contributed by atoms with van der Waals surface area (Å²) >= 11 is 0. The number of hydrogen-bond acceptors (Lipinski definition) is 3. The molecule has 0 aliphatic carbocycles. The number of carbonyl (C=O) groups excluding carboxylic acids is 2. The van der Waals surface area contributed by atoms with Gasteiger partial charge in [0.2, 0.25) is 11.8 Å². The van der Waals surface area contributed by atoms with Crippen molar-refractivity contribution < 1.29 is 14.3 Å². The molecule has 0 bridgehead atoms. The number of ether oxygens (including phenoxy) is 1. The van der Waals surface area contributed by atoms with Crippen LogP contribution in [0.1, 0.15) is 39.7 Å². The number of nitrogens with one attached hydrogen (secondary N) is 1. The number of hydrogen-bond donors (Lipinski definition) is 1. The van der Waals surface area contributed by atoms with Gasteiger partial charge in [0.15, 0.2) is 0 Å². The molecule has 1 aromatic rings. The lowest BCUT2D eigenvalue weighted by Crippen LogP contribution is -2.35. The van der Waals surface area contributed by atoms with Gasteiger partial charge in [0, 0.05) is 25.6 Å². The second kappa shape index (κ2) is 8.18. The fourth-order valence-electron chi connectivity index (χ4n) is 2.75. The Balaban J connectivity index is 1.86. The predicted molar refractivity (Wildman–Crippen MR) is 93.6 cm³/mol. The maximum atomic E-state index is 12.3. The van der Waals surface area contributed by atoms with E-state index >= 15 is 0 Å². The highest BCUT2D eigenvalue weighted by Crippen LogP contribution is 2.20. The number of nitrogens with zero attached hydrogens (tertiary/aromatic N) is 1. The van der Waals surface area contributed by atoms with E-state index in [1.165, 1.54) is 0 Å². The van der Waals surface area contributed by atoms with E-state index in [2.05, 4.69) is 19.2 Å². The van der Waals surface area contributed by atoms with Crippen molar-refractivity contribution in [3.05, 3.63) is 29.8 Å². The monoisotopic (exact) mass is 332 g/mol. The molecule has 2 amide bonds. The average Bonchev–Trinajstić information content (AvgIpc) is 2.93. The molecule has 0 saturated carbocycles. The van der Waals surface area contributed by atoms with Crippen molar-refractivity contribution in [1.82, 2.24) is 10.2 Å². The first kappa shape index (κ1) is 18.3. The maximum Gasteiger partial charge on any atom is 0.225 e. The van der Waals surface area contributed by atoms with Gasteiger partial charge >= 0.3 is 0 Å². The Bertz CT molecular complexity index is 584. The molecule has 1 unspecified atom stereocenters. The zero-order chi connectivity index (χ0) is 17.7. The molecule has 1 saturated heterocycles. The number of benzene rings is 1. The molecule has 0 spiro atoms. The second-order valence-corrected chi connectivity index (χ2v) is 7.11. The Morgan fingerprint density at radius 3 is 2.71 bits per heavy atom. The quantitative estimate of drug-likeness (QED) is 0.835. The van der Waals surface area contributed by atoms with Crippen molar-refractivity contribution in [3.8, 4) is 5.75 Å². The third-order valence-electron chi connectivity index (χ3n) is 4.10. The predicted octanol–water partition coefficient (Wildman–Crippen LogP) is 2.59. The molecule has 24 heavy (non-hydrogen) atoms. The van der Waals surface area contributed by atoms with E-state index in [0.717, 1.165) is 11.3 Å². The van der Waals surface area contributed by atoms with Crippen LogP contribution in [0.4, 0.5) is 0 Å². The standard InChI is InChI=1S/C19H28N2O3/c1-13(2)12-24-17-7-5-6-15(8-17)10-20-19(23)16-9-18(22)21(11-16)14(3)4/h5-8,13-14,16H,9-12H2,1-4H3,(H,20,23). The van der Waals surface area contributed by atoms with Gasteiger partial charge in [0.05, 0.1) is 12.5 Å². The van der Waals surface area contributed by atoms with Gasteiger partial charge in [-0.25, -0.2) is 0 Å². The SMILES string of the molecule is CC(C)COc1cccc(CNC(=O)C2CC(=O)N(C(C)C)C2)c1. The Hall–Kier alpha value is -2.04. The summed E-state index contributed by atoms with van der Waals surface area (Å²) < 4.78 is 5.71. The van der Waals surface area contributed by atoms with E-state index in [4.69, 9.17) is 4.74 Å². The van der Waals surface area contributed by atoms with Gasteiger partial charge in [-0.15, -0.1) is 0 Å². The molecule has 1 aliphatic rings. The Morgan fingerprint density at radius 1 is 1.33 bits per heavy atom. The largest absolute Gasteiger partial charge is 0.493 e. The maximum absolute atomic E-state index is 12.3. The first-order valence-corrected chi connectivity index (χ1v) is 8.65. The average molecular weight is 332 g/mol. The van der Waals surface area contributed by atoms with Gasteiger partial charge in [-0.05, 0) is 37.5 Å². The summed E-state index contributed by atoms with van der Waals surface area (Å²) in [7, 11) is 0.